The Hall–Kier alpha value is -2.55. The molecule has 1 N–H and O–H groups in total. The number of carboxylic acid groups (broad SMARTS) is 1. The van der Waals surface area contributed by atoms with Crippen LogP contribution in [0.15, 0.2) is 34.9 Å². The van der Waals surface area contributed by atoms with Crippen molar-refractivity contribution in [3.8, 4) is 11.8 Å². The number of nitro groups is 1. The first-order valence-electron chi connectivity index (χ1n) is 5.15. The van der Waals surface area contributed by atoms with Crippen LogP contribution >= 0.6 is 15.9 Å². The van der Waals surface area contributed by atoms with Crippen LogP contribution < -0.4 is 4.74 Å². The van der Waals surface area contributed by atoms with Gasteiger partial charge in [0.05, 0.1) is 4.92 Å². The summed E-state index contributed by atoms with van der Waals surface area (Å²) in [4.78, 5) is 28.4. The van der Waals surface area contributed by atoms with E-state index in [9.17, 15) is 14.9 Å². The van der Waals surface area contributed by atoms with Crippen molar-refractivity contribution in [2.45, 2.75) is 0 Å². The van der Waals surface area contributed by atoms with Crippen molar-refractivity contribution in [1.29, 1.82) is 0 Å². The third kappa shape index (κ3) is 3.06. The van der Waals surface area contributed by atoms with Crippen molar-refractivity contribution in [1.82, 2.24) is 9.97 Å². The quantitative estimate of drug-likeness (QED) is 0.672. The number of aromatic nitrogens is 2. The molecule has 0 radical (unpaired) electrons. The summed E-state index contributed by atoms with van der Waals surface area (Å²) >= 11 is 3.11. The molecule has 0 amide bonds. The van der Waals surface area contributed by atoms with Gasteiger partial charge in [-0.2, -0.15) is 4.98 Å². The molecule has 9 heteroatoms. The standard InChI is InChI=1S/C11H6BrN3O5/c12-6-1-2-9(8(5-6)15(18)19)20-11-13-4-3-7(14-11)10(16)17/h1-5H,(H,16,17). The van der Waals surface area contributed by atoms with Crippen molar-refractivity contribution in [3.05, 3.63) is 50.7 Å². The Bertz CT molecular complexity index is 692. The first kappa shape index (κ1) is 13.9. The molecule has 0 aliphatic rings. The van der Waals surface area contributed by atoms with Crippen LogP contribution in [-0.2, 0) is 0 Å². The highest BCUT2D eigenvalue weighted by Crippen LogP contribution is 2.32. The van der Waals surface area contributed by atoms with Crippen LogP contribution in [-0.4, -0.2) is 26.0 Å². The minimum absolute atomic E-state index is 0.0826. The van der Waals surface area contributed by atoms with E-state index in [-0.39, 0.29) is 23.1 Å². The molecule has 0 saturated carbocycles. The van der Waals surface area contributed by atoms with Crippen LogP contribution in [0.25, 0.3) is 0 Å². The van der Waals surface area contributed by atoms with Crippen LogP contribution in [0, 0.1) is 10.1 Å². The number of benzene rings is 1. The molecule has 0 aliphatic carbocycles. The van der Waals surface area contributed by atoms with E-state index in [0.717, 1.165) is 0 Å². The number of halogens is 1. The SMILES string of the molecule is O=C(O)c1ccnc(Oc2ccc(Br)cc2[N+](=O)[O-])n1. The van der Waals surface area contributed by atoms with Crippen LogP contribution in [0.5, 0.6) is 11.8 Å². The van der Waals surface area contributed by atoms with Crippen molar-refractivity contribution >= 4 is 27.6 Å². The van der Waals surface area contributed by atoms with Crippen molar-refractivity contribution in [2.75, 3.05) is 0 Å². The van der Waals surface area contributed by atoms with Crippen molar-refractivity contribution < 1.29 is 19.6 Å². The molecule has 1 aromatic carbocycles. The second-order valence-electron chi connectivity index (χ2n) is 3.50. The van der Waals surface area contributed by atoms with Crippen LogP contribution in [0.2, 0.25) is 0 Å². The highest BCUT2D eigenvalue weighted by molar-refractivity contribution is 9.10. The lowest BCUT2D eigenvalue weighted by molar-refractivity contribution is -0.385. The van der Waals surface area contributed by atoms with Gasteiger partial charge in [-0.15, -0.1) is 0 Å². The van der Waals surface area contributed by atoms with Gasteiger partial charge in [0, 0.05) is 16.7 Å². The molecule has 20 heavy (non-hydrogen) atoms. The largest absolute Gasteiger partial charge is 0.477 e. The smallest absolute Gasteiger partial charge is 0.354 e. The Labute approximate surface area is 120 Å². The van der Waals surface area contributed by atoms with Gasteiger partial charge in [-0.05, 0) is 18.2 Å². The average Bonchev–Trinajstić information content (AvgIpc) is 2.41. The monoisotopic (exact) mass is 339 g/mol. The molecule has 1 heterocycles. The number of nitrogens with zero attached hydrogens (tertiary/aromatic N) is 3. The zero-order valence-electron chi connectivity index (χ0n) is 9.69. The zero-order valence-corrected chi connectivity index (χ0v) is 11.3. The van der Waals surface area contributed by atoms with E-state index in [1.807, 2.05) is 0 Å². The zero-order chi connectivity index (χ0) is 14.7. The van der Waals surface area contributed by atoms with Crippen LogP contribution in [0.1, 0.15) is 10.5 Å². The average molecular weight is 340 g/mol. The minimum Gasteiger partial charge on any atom is -0.477 e. The van der Waals surface area contributed by atoms with E-state index in [1.165, 1.54) is 24.4 Å². The number of nitro benzene ring substituents is 1. The van der Waals surface area contributed by atoms with E-state index in [2.05, 4.69) is 25.9 Å². The normalized spacial score (nSPS) is 10.1. The summed E-state index contributed by atoms with van der Waals surface area (Å²) in [7, 11) is 0. The number of hydrogen-bond donors (Lipinski definition) is 1. The topological polar surface area (TPSA) is 115 Å². The molecule has 0 spiro atoms. The van der Waals surface area contributed by atoms with Gasteiger partial charge in [0.2, 0.25) is 5.75 Å². The van der Waals surface area contributed by atoms with E-state index in [1.54, 1.807) is 6.07 Å². The molecule has 0 saturated heterocycles. The summed E-state index contributed by atoms with van der Waals surface area (Å²) in [5.41, 5.74) is -0.557. The highest BCUT2D eigenvalue weighted by atomic mass is 79.9. The molecule has 0 aliphatic heterocycles. The summed E-state index contributed by atoms with van der Waals surface area (Å²) in [5.74, 6) is -1.33. The molecule has 102 valence electrons. The summed E-state index contributed by atoms with van der Waals surface area (Å²) in [5, 5.41) is 19.7. The molecule has 0 atom stereocenters. The summed E-state index contributed by atoms with van der Waals surface area (Å²) in [6, 6.07) is 5.07. The summed E-state index contributed by atoms with van der Waals surface area (Å²) in [6.45, 7) is 0. The lowest BCUT2D eigenvalue weighted by Gasteiger charge is -2.05. The van der Waals surface area contributed by atoms with Crippen molar-refractivity contribution in [3.63, 3.8) is 0 Å². The molecular weight excluding hydrogens is 334 g/mol. The minimum atomic E-state index is -1.25. The lowest BCUT2D eigenvalue weighted by atomic mass is 10.3. The van der Waals surface area contributed by atoms with Gasteiger partial charge in [-0.3, -0.25) is 10.1 Å². The van der Waals surface area contributed by atoms with Gasteiger partial charge < -0.3 is 9.84 Å². The Morgan fingerprint density at radius 3 is 2.80 bits per heavy atom. The molecule has 8 nitrogen and oxygen atoms in total. The Balaban J connectivity index is 2.37. The fourth-order valence-electron chi connectivity index (χ4n) is 1.33. The number of aromatic carboxylic acids is 1. The number of hydrogen-bond acceptors (Lipinski definition) is 6. The van der Waals surface area contributed by atoms with Gasteiger partial charge >= 0.3 is 17.7 Å². The third-order valence-electron chi connectivity index (χ3n) is 2.17. The van der Waals surface area contributed by atoms with E-state index >= 15 is 0 Å². The molecule has 1 aromatic heterocycles. The second kappa shape index (κ2) is 5.61. The van der Waals surface area contributed by atoms with Gasteiger partial charge in [-0.1, -0.05) is 15.9 Å². The maximum Gasteiger partial charge on any atom is 0.354 e. The predicted molar refractivity (Wildman–Crippen MR) is 69.9 cm³/mol. The molecule has 2 rings (SSSR count). The van der Waals surface area contributed by atoms with E-state index in [4.69, 9.17) is 9.84 Å². The molecule has 0 unspecified atom stereocenters. The second-order valence-corrected chi connectivity index (χ2v) is 4.42. The summed E-state index contributed by atoms with van der Waals surface area (Å²) < 4.78 is 5.68. The van der Waals surface area contributed by atoms with E-state index < -0.39 is 10.9 Å². The maximum atomic E-state index is 10.9. The number of carbonyl (C=O) groups is 1. The van der Waals surface area contributed by atoms with Gasteiger partial charge in [0.15, 0.2) is 5.69 Å². The predicted octanol–water partition coefficient (Wildman–Crippen LogP) is 2.64. The Morgan fingerprint density at radius 1 is 1.40 bits per heavy atom. The lowest BCUT2D eigenvalue weighted by Crippen LogP contribution is -2.03. The summed E-state index contributed by atoms with van der Waals surface area (Å²) in [6.07, 6.45) is 1.19. The molecule has 0 bridgehead atoms. The van der Waals surface area contributed by atoms with Crippen LogP contribution in [0.4, 0.5) is 5.69 Å². The number of carboxylic acids is 1. The molecule has 0 fully saturated rings. The fraction of sp³-hybridized carbons (Fsp3) is 0. The van der Waals surface area contributed by atoms with Crippen molar-refractivity contribution in [2.24, 2.45) is 0 Å². The number of ether oxygens (including phenoxy) is 1. The Morgan fingerprint density at radius 2 is 2.15 bits per heavy atom. The Kier molecular flexibility index (Phi) is 3.89. The van der Waals surface area contributed by atoms with Crippen LogP contribution in [0.3, 0.4) is 0 Å². The third-order valence-corrected chi connectivity index (χ3v) is 2.66. The van der Waals surface area contributed by atoms with E-state index in [0.29, 0.717) is 4.47 Å². The van der Waals surface area contributed by atoms with Gasteiger partial charge in [-0.25, -0.2) is 9.78 Å². The first-order valence-corrected chi connectivity index (χ1v) is 5.95. The highest BCUT2D eigenvalue weighted by Gasteiger charge is 2.18. The van der Waals surface area contributed by atoms with Gasteiger partial charge in [0.1, 0.15) is 0 Å². The first-order chi connectivity index (χ1) is 9.47. The number of rotatable bonds is 4. The van der Waals surface area contributed by atoms with Gasteiger partial charge in [0.25, 0.3) is 0 Å². The molecular formula is C11H6BrN3O5. The maximum absolute atomic E-state index is 10.9. The fourth-order valence-corrected chi connectivity index (χ4v) is 1.68. The molecule has 2 aromatic rings.